The van der Waals surface area contributed by atoms with Crippen molar-refractivity contribution < 1.29 is 28.5 Å². The number of hydrogen-bond acceptors (Lipinski definition) is 7. The number of ether oxygens (including phenoxy) is 4. The zero-order chi connectivity index (χ0) is 23.5. The number of halogens is 1. The van der Waals surface area contributed by atoms with Crippen LogP contribution >= 0.6 is 15.9 Å². The maximum Gasteiger partial charge on any atom is 0.349 e. The number of hydrogen-bond donors (Lipinski definition) is 1. The summed E-state index contributed by atoms with van der Waals surface area (Å²) in [5, 5.41) is 11.9. The van der Waals surface area contributed by atoms with E-state index >= 15 is 0 Å². The van der Waals surface area contributed by atoms with Gasteiger partial charge in [-0.2, -0.15) is 5.26 Å². The molecule has 0 saturated heterocycles. The molecule has 0 aliphatic carbocycles. The lowest BCUT2D eigenvalue weighted by atomic mass is 10.1. The first-order valence-electron chi connectivity index (χ1n) is 9.54. The van der Waals surface area contributed by atoms with Gasteiger partial charge < -0.3 is 24.3 Å². The predicted molar refractivity (Wildman–Crippen MR) is 121 cm³/mol. The number of esters is 1. The molecular weight excluding hydrogens is 480 g/mol. The molecule has 2 aromatic carbocycles. The van der Waals surface area contributed by atoms with Crippen LogP contribution in [0.3, 0.4) is 0 Å². The van der Waals surface area contributed by atoms with Crippen LogP contribution in [0.5, 0.6) is 17.2 Å². The molecule has 0 fully saturated rings. The minimum atomic E-state index is -0.616. The van der Waals surface area contributed by atoms with Gasteiger partial charge in [0.25, 0.3) is 5.91 Å². The second-order valence-corrected chi connectivity index (χ2v) is 7.38. The van der Waals surface area contributed by atoms with Crippen LogP contribution in [0, 0.1) is 18.3 Å². The summed E-state index contributed by atoms with van der Waals surface area (Å²) in [7, 11) is 2.93. The fourth-order valence-electron chi connectivity index (χ4n) is 2.55. The van der Waals surface area contributed by atoms with Crippen molar-refractivity contribution in [2.24, 2.45) is 0 Å². The Bertz CT molecular complexity index is 1050. The molecule has 8 nitrogen and oxygen atoms in total. The van der Waals surface area contributed by atoms with Gasteiger partial charge in [-0.25, -0.2) is 4.79 Å². The molecular formula is C23H23BrN2O6. The van der Waals surface area contributed by atoms with Crippen molar-refractivity contribution in [3.05, 3.63) is 57.6 Å². The Morgan fingerprint density at radius 2 is 1.88 bits per heavy atom. The number of nitrogens with zero attached hydrogens (tertiary/aromatic N) is 1. The standard InChI is InChI=1S/C23H23BrN2O6/c1-15-4-6-19(18(24)10-15)31-14-22(27)32-20-7-5-16(12-21(20)30-3)11-17(13-25)23(28)26-8-9-29-2/h4-7,10-12H,8-9,14H2,1-3H3,(H,26,28)/b17-11+. The first-order valence-corrected chi connectivity index (χ1v) is 10.3. The third-order valence-electron chi connectivity index (χ3n) is 4.11. The second-order valence-electron chi connectivity index (χ2n) is 6.53. The van der Waals surface area contributed by atoms with E-state index in [2.05, 4.69) is 21.2 Å². The molecule has 32 heavy (non-hydrogen) atoms. The highest BCUT2D eigenvalue weighted by Crippen LogP contribution is 2.30. The van der Waals surface area contributed by atoms with Gasteiger partial charge in [-0.1, -0.05) is 12.1 Å². The molecule has 0 spiro atoms. The Balaban J connectivity index is 2.06. The van der Waals surface area contributed by atoms with Crippen molar-refractivity contribution in [1.29, 1.82) is 5.26 Å². The van der Waals surface area contributed by atoms with E-state index in [9.17, 15) is 14.9 Å². The molecule has 0 saturated carbocycles. The average molecular weight is 503 g/mol. The van der Waals surface area contributed by atoms with Gasteiger partial charge >= 0.3 is 5.97 Å². The van der Waals surface area contributed by atoms with Crippen LogP contribution in [-0.2, 0) is 14.3 Å². The van der Waals surface area contributed by atoms with Gasteiger partial charge in [-0.3, -0.25) is 4.79 Å². The maximum atomic E-state index is 12.2. The fraction of sp³-hybridized carbons (Fsp3) is 0.261. The van der Waals surface area contributed by atoms with Crippen LogP contribution < -0.4 is 19.5 Å². The van der Waals surface area contributed by atoms with Gasteiger partial charge in [0.2, 0.25) is 0 Å². The monoisotopic (exact) mass is 502 g/mol. The second kappa shape index (κ2) is 12.5. The van der Waals surface area contributed by atoms with Gasteiger partial charge in [0.05, 0.1) is 18.2 Å². The normalized spacial score (nSPS) is 10.8. The largest absolute Gasteiger partial charge is 0.493 e. The molecule has 0 unspecified atom stereocenters. The molecule has 0 aliphatic heterocycles. The lowest BCUT2D eigenvalue weighted by Crippen LogP contribution is -2.27. The van der Waals surface area contributed by atoms with Gasteiger partial charge in [0.15, 0.2) is 18.1 Å². The Kier molecular flexibility index (Phi) is 9.73. The van der Waals surface area contributed by atoms with Crippen molar-refractivity contribution in [3.63, 3.8) is 0 Å². The van der Waals surface area contributed by atoms with Crippen molar-refractivity contribution in [2.45, 2.75) is 6.92 Å². The Hall–Kier alpha value is -3.35. The quantitative estimate of drug-likeness (QED) is 0.174. The molecule has 0 aliphatic rings. The molecule has 2 rings (SSSR count). The topological polar surface area (TPSA) is 107 Å². The van der Waals surface area contributed by atoms with E-state index in [1.807, 2.05) is 25.1 Å². The summed E-state index contributed by atoms with van der Waals surface area (Å²) in [6, 6.07) is 12.0. The van der Waals surface area contributed by atoms with Crippen LogP contribution in [0.1, 0.15) is 11.1 Å². The van der Waals surface area contributed by atoms with Gasteiger partial charge in [0.1, 0.15) is 17.4 Å². The zero-order valence-corrected chi connectivity index (χ0v) is 19.5. The van der Waals surface area contributed by atoms with Crippen LogP contribution in [0.2, 0.25) is 0 Å². The number of aryl methyl sites for hydroxylation is 1. The molecule has 168 valence electrons. The molecule has 0 atom stereocenters. The number of carbonyl (C=O) groups is 2. The number of rotatable bonds is 10. The van der Waals surface area contributed by atoms with E-state index in [1.165, 1.54) is 26.4 Å². The molecule has 0 bridgehead atoms. The van der Waals surface area contributed by atoms with E-state index in [0.717, 1.165) is 10.0 Å². The van der Waals surface area contributed by atoms with Crippen molar-refractivity contribution >= 4 is 33.9 Å². The van der Waals surface area contributed by atoms with Crippen LogP contribution in [-0.4, -0.2) is 45.9 Å². The molecule has 0 heterocycles. The first kappa shape index (κ1) is 24.9. The van der Waals surface area contributed by atoms with E-state index < -0.39 is 11.9 Å². The van der Waals surface area contributed by atoms with Gasteiger partial charge in [-0.15, -0.1) is 0 Å². The highest BCUT2D eigenvalue weighted by molar-refractivity contribution is 9.10. The lowest BCUT2D eigenvalue weighted by Gasteiger charge is -2.11. The van der Waals surface area contributed by atoms with E-state index in [1.54, 1.807) is 18.2 Å². The van der Waals surface area contributed by atoms with Crippen LogP contribution in [0.25, 0.3) is 6.08 Å². The Morgan fingerprint density at radius 3 is 2.53 bits per heavy atom. The number of nitrogens with one attached hydrogen (secondary N) is 1. The summed E-state index contributed by atoms with van der Waals surface area (Å²) in [4.78, 5) is 24.3. The van der Waals surface area contributed by atoms with Gasteiger partial charge in [0, 0.05) is 13.7 Å². The number of benzene rings is 2. The minimum absolute atomic E-state index is 0.0787. The molecule has 1 amide bonds. The lowest BCUT2D eigenvalue weighted by molar-refractivity contribution is -0.136. The fourth-order valence-corrected chi connectivity index (χ4v) is 3.15. The average Bonchev–Trinajstić information content (AvgIpc) is 2.77. The van der Waals surface area contributed by atoms with Crippen molar-refractivity contribution in [2.75, 3.05) is 34.0 Å². The number of carbonyl (C=O) groups excluding carboxylic acids is 2. The maximum absolute atomic E-state index is 12.2. The summed E-state index contributed by atoms with van der Waals surface area (Å²) in [6.45, 7) is 2.27. The van der Waals surface area contributed by atoms with Gasteiger partial charge in [-0.05, 0) is 64.3 Å². The molecule has 1 N–H and O–H groups in total. The summed E-state index contributed by atoms with van der Waals surface area (Å²) >= 11 is 3.39. The highest BCUT2D eigenvalue weighted by Gasteiger charge is 2.14. The minimum Gasteiger partial charge on any atom is -0.493 e. The summed E-state index contributed by atoms with van der Waals surface area (Å²) in [6.07, 6.45) is 1.41. The third-order valence-corrected chi connectivity index (χ3v) is 4.73. The number of nitriles is 1. The van der Waals surface area contributed by atoms with E-state index in [0.29, 0.717) is 17.9 Å². The molecule has 9 heteroatoms. The third kappa shape index (κ3) is 7.41. The Morgan fingerprint density at radius 1 is 1.12 bits per heavy atom. The SMILES string of the molecule is COCCNC(=O)/C(C#N)=C/c1ccc(OC(=O)COc2ccc(C)cc2Br)c(OC)c1. The number of methoxy groups -OCH3 is 2. The molecule has 0 radical (unpaired) electrons. The summed E-state index contributed by atoms with van der Waals surface area (Å²) < 4.78 is 21.7. The smallest absolute Gasteiger partial charge is 0.349 e. The zero-order valence-electron chi connectivity index (χ0n) is 17.9. The van der Waals surface area contributed by atoms with Crippen LogP contribution in [0.15, 0.2) is 46.4 Å². The number of amides is 1. The Labute approximate surface area is 194 Å². The van der Waals surface area contributed by atoms with Crippen molar-refractivity contribution in [3.8, 4) is 23.3 Å². The first-order chi connectivity index (χ1) is 15.4. The summed E-state index contributed by atoms with van der Waals surface area (Å²) in [5.41, 5.74) is 1.50. The summed E-state index contributed by atoms with van der Waals surface area (Å²) in [5.74, 6) is -0.162. The molecule has 2 aromatic rings. The van der Waals surface area contributed by atoms with E-state index in [4.69, 9.17) is 18.9 Å². The highest BCUT2D eigenvalue weighted by atomic mass is 79.9. The van der Waals surface area contributed by atoms with E-state index in [-0.39, 0.29) is 30.2 Å². The van der Waals surface area contributed by atoms with Crippen molar-refractivity contribution in [1.82, 2.24) is 5.32 Å². The molecule has 0 aromatic heterocycles. The predicted octanol–water partition coefficient (Wildman–Crippen LogP) is 3.42. The van der Waals surface area contributed by atoms with Crippen LogP contribution in [0.4, 0.5) is 0 Å².